The van der Waals surface area contributed by atoms with E-state index in [1.807, 2.05) is 0 Å². The summed E-state index contributed by atoms with van der Waals surface area (Å²) in [6.45, 7) is 6.17. The maximum Gasteiger partial charge on any atom is 0.127 e. The van der Waals surface area contributed by atoms with Crippen LogP contribution in [0.3, 0.4) is 0 Å². The van der Waals surface area contributed by atoms with Crippen molar-refractivity contribution in [3.05, 3.63) is 29.6 Å². The summed E-state index contributed by atoms with van der Waals surface area (Å²) in [4.78, 5) is 2.33. The van der Waals surface area contributed by atoms with Crippen molar-refractivity contribution in [1.29, 1.82) is 0 Å². The third-order valence-electron chi connectivity index (χ3n) is 3.39. The van der Waals surface area contributed by atoms with Crippen LogP contribution in [-0.4, -0.2) is 22.1 Å². The Hall–Kier alpha value is -1.09. The van der Waals surface area contributed by atoms with Crippen LogP contribution in [-0.2, 0) is 6.54 Å². The zero-order valence-corrected chi connectivity index (χ0v) is 9.83. The minimum Gasteiger partial charge on any atom is -0.508 e. The zero-order valence-electron chi connectivity index (χ0n) is 9.83. The molecule has 0 spiro atoms. The first-order valence-electron chi connectivity index (χ1n) is 5.71. The molecule has 1 heterocycles. The molecule has 0 unspecified atom stereocenters. The molecule has 1 saturated heterocycles. The topological polar surface area (TPSA) is 23.5 Å². The lowest BCUT2D eigenvalue weighted by Gasteiger charge is -2.31. The molecule has 0 aliphatic carbocycles. The van der Waals surface area contributed by atoms with E-state index in [0.717, 1.165) is 18.2 Å². The third kappa shape index (κ3) is 2.35. The SMILES string of the molecule is CC1(C)CCCN1Cc1cc(O)cc(F)c1. The van der Waals surface area contributed by atoms with Gasteiger partial charge in [-0.3, -0.25) is 4.90 Å². The van der Waals surface area contributed by atoms with Gasteiger partial charge >= 0.3 is 0 Å². The van der Waals surface area contributed by atoms with Crippen LogP contribution in [0.5, 0.6) is 5.75 Å². The number of phenols is 1. The highest BCUT2D eigenvalue weighted by Gasteiger charge is 2.31. The van der Waals surface area contributed by atoms with Crippen LogP contribution in [0.4, 0.5) is 4.39 Å². The van der Waals surface area contributed by atoms with Crippen molar-refractivity contribution in [2.45, 2.75) is 38.8 Å². The van der Waals surface area contributed by atoms with Gasteiger partial charge in [-0.2, -0.15) is 0 Å². The number of rotatable bonds is 2. The lowest BCUT2D eigenvalue weighted by Crippen LogP contribution is -2.37. The average molecular weight is 223 g/mol. The van der Waals surface area contributed by atoms with Gasteiger partial charge in [0, 0.05) is 18.2 Å². The Labute approximate surface area is 95.7 Å². The van der Waals surface area contributed by atoms with Crippen molar-refractivity contribution in [2.24, 2.45) is 0 Å². The van der Waals surface area contributed by atoms with Gasteiger partial charge in [-0.25, -0.2) is 4.39 Å². The average Bonchev–Trinajstić information content (AvgIpc) is 2.44. The van der Waals surface area contributed by atoms with Gasteiger partial charge in [-0.1, -0.05) is 0 Å². The van der Waals surface area contributed by atoms with Crippen molar-refractivity contribution in [3.8, 4) is 5.75 Å². The van der Waals surface area contributed by atoms with Gasteiger partial charge in [0.05, 0.1) is 0 Å². The monoisotopic (exact) mass is 223 g/mol. The smallest absolute Gasteiger partial charge is 0.127 e. The molecule has 0 radical (unpaired) electrons. The highest BCUT2D eigenvalue weighted by atomic mass is 19.1. The minimum atomic E-state index is -0.369. The number of benzene rings is 1. The predicted molar refractivity (Wildman–Crippen MR) is 61.8 cm³/mol. The number of aromatic hydroxyl groups is 1. The van der Waals surface area contributed by atoms with Crippen molar-refractivity contribution in [2.75, 3.05) is 6.54 Å². The molecule has 2 nitrogen and oxygen atoms in total. The Bertz CT molecular complexity index is 369. The molecule has 0 bridgehead atoms. The van der Waals surface area contributed by atoms with E-state index < -0.39 is 0 Å². The van der Waals surface area contributed by atoms with Gasteiger partial charge in [0.2, 0.25) is 0 Å². The van der Waals surface area contributed by atoms with Gasteiger partial charge in [0.1, 0.15) is 11.6 Å². The van der Waals surface area contributed by atoms with E-state index in [4.69, 9.17) is 0 Å². The number of halogens is 1. The van der Waals surface area contributed by atoms with E-state index in [1.54, 1.807) is 6.07 Å². The highest BCUT2D eigenvalue weighted by molar-refractivity contribution is 5.28. The Balaban J connectivity index is 2.14. The molecule has 1 aromatic rings. The summed E-state index contributed by atoms with van der Waals surface area (Å²) in [6.07, 6.45) is 2.36. The van der Waals surface area contributed by atoms with E-state index >= 15 is 0 Å². The number of hydrogen-bond donors (Lipinski definition) is 1. The summed E-state index contributed by atoms with van der Waals surface area (Å²) in [6, 6.07) is 4.27. The summed E-state index contributed by atoms with van der Waals surface area (Å²) >= 11 is 0. The van der Waals surface area contributed by atoms with Crippen LogP contribution in [0.2, 0.25) is 0 Å². The Morgan fingerprint density at radius 3 is 2.69 bits per heavy atom. The molecule has 2 rings (SSSR count). The Morgan fingerprint density at radius 1 is 1.38 bits per heavy atom. The minimum absolute atomic E-state index is 0.00648. The molecule has 0 aromatic heterocycles. The van der Waals surface area contributed by atoms with Gasteiger partial charge < -0.3 is 5.11 Å². The number of likely N-dealkylation sites (tertiary alicyclic amines) is 1. The number of hydrogen-bond acceptors (Lipinski definition) is 2. The van der Waals surface area contributed by atoms with Crippen molar-refractivity contribution < 1.29 is 9.50 Å². The maximum absolute atomic E-state index is 13.1. The predicted octanol–water partition coefficient (Wildman–Crippen LogP) is 2.91. The molecule has 0 amide bonds. The molecule has 1 N–H and O–H groups in total. The van der Waals surface area contributed by atoms with Crippen LogP contribution in [0.1, 0.15) is 32.3 Å². The van der Waals surface area contributed by atoms with Crippen LogP contribution in [0.15, 0.2) is 18.2 Å². The molecule has 1 aliphatic rings. The molecule has 3 heteroatoms. The second kappa shape index (κ2) is 4.06. The summed E-state index contributed by atoms with van der Waals surface area (Å²) in [5, 5.41) is 9.34. The summed E-state index contributed by atoms with van der Waals surface area (Å²) in [7, 11) is 0. The largest absolute Gasteiger partial charge is 0.508 e. The molecular formula is C13H18FNO. The molecule has 1 aromatic carbocycles. The van der Waals surface area contributed by atoms with Gasteiger partial charge in [-0.15, -0.1) is 0 Å². The van der Waals surface area contributed by atoms with Crippen molar-refractivity contribution >= 4 is 0 Å². The van der Waals surface area contributed by atoms with Crippen LogP contribution in [0.25, 0.3) is 0 Å². The fourth-order valence-corrected chi connectivity index (χ4v) is 2.40. The zero-order chi connectivity index (χ0) is 11.8. The first-order chi connectivity index (χ1) is 7.47. The summed E-state index contributed by atoms with van der Waals surface area (Å²) in [5.74, 6) is -0.362. The van der Waals surface area contributed by atoms with E-state index in [-0.39, 0.29) is 17.1 Å². The van der Waals surface area contributed by atoms with Crippen LogP contribution in [0, 0.1) is 5.82 Å². The standard InChI is InChI=1S/C13H18FNO/c1-13(2)4-3-5-15(13)9-10-6-11(14)8-12(16)7-10/h6-8,16H,3-5,9H2,1-2H3. The molecule has 16 heavy (non-hydrogen) atoms. The third-order valence-corrected chi connectivity index (χ3v) is 3.39. The fourth-order valence-electron chi connectivity index (χ4n) is 2.40. The molecule has 0 saturated carbocycles. The van der Waals surface area contributed by atoms with Crippen molar-refractivity contribution in [1.82, 2.24) is 4.90 Å². The Morgan fingerprint density at radius 2 is 2.12 bits per heavy atom. The van der Waals surface area contributed by atoms with E-state index in [2.05, 4.69) is 18.7 Å². The first kappa shape index (κ1) is 11.4. The van der Waals surface area contributed by atoms with Gasteiger partial charge in [-0.05, 0) is 50.9 Å². The number of nitrogens with zero attached hydrogens (tertiary/aromatic N) is 1. The molecule has 1 fully saturated rings. The van der Waals surface area contributed by atoms with E-state index in [9.17, 15) is 9.50 Å². The van der Waals surface area contributed by atoms with Crippen LogP contribution < -0.4 is 0 Å². The normalized spacial score (nSPS) is 20.2. The van der Waals surface area contributed by atoms with E-state index in [1.165, 1.54) is 18.9 Å². The maximum atomic E-state index is 13.1. The lowest BCUT2D eigenvalue weighted by molar-refractivity contribution is 0.166. The molecule has 0 atom stereocenters. The van der Waals surface area contributed by atoms with E-state index in [0.29, 0.717) is 6.54 Å². The second-order valence-electron chi connectivity index (χ2n) is 5.16. The first-order valence-corrected chi connectivity index (χ1v) is 5.71. The second-order valence-corrected chi connectivity index (χ2v) is 5.16. The summed E-state index contributed by atoms with van der Waals surface area (Å²) < 4.78 is 13.1. The molecule has 1 aliphatic heterocycles. The molecule has 88 valence electrons. The molecular weight excluding hydrogens is 205 g/mol. The van der Waals surface area contributed by atoms with Gasteiger partial charge in [0.25, 0.3) is 0 Å². The van der Waals surface area contributed by atoms with Crippen molar-refractivity contribution in [3.63, 3.8) is 0 Å². The summed E-state index contributed by atoms with van der Waals surface area (Å²) in [5.41, 5.74) is 1.02. The quantitative estimate of drug-likeness (QED) is 0.833. The fraction of sp³-hybridized carbons (Fsp3) is 0.538. The van der Waals surface area contributed by atoms with Gasteiger partial charge in [0.15, 0.2) is 0 Å². The Kier molecular flexibility index (Phi) is 2.89. The lowest BCUT2D eigenvalue weighted by atomic mass is 10.0. The number of phenolic OH excluding ortho intramolecular Hbond substituents is 1. The van der Waals surface area contributed by atoms with Crippen LogP contribution >= 0.6 is 0 Å². The highest BCUT2D eigenvalue weighted by Crippen LogP contribution is 2.30.